The summed E-state index contributed by atoms with van der Waals surface area (Å²) in [6.07, 6.45) is 8.14. The Morgan fingerprint density at radius 3 is 2.35 bits per heavy atom. The minimum Gasteiger partial charge on any atom is -0.352 e. The van der Waals surface area contributed by atoms with Gasteiger partial charge in [-0.1, -0.05) is 11.6 Å². The van der Waals surface area contributed by atoms with Gasteiger partial charge >= 0.3 is 0 Å². The monoisotopic (exact) mass is 355 g/mol. The lowest BCUT2D eigenvalue weighted by Crippen LogP contribution is -2.47. The van der Waals surface area contributed by atoms with Gasteiger partial charge in [0, 0.05) is 43.9 Å². The lowest BCUT2D eigenvalue weighted by Gasteiger charge is -2.32. The number of likely N-dealkylation sites (N-methyl/N-ethyl adjacent to an activating group) is 1. The number of carbonyl (C=O) groups excluding carboxylic acids is 2. The molecule has 0 atom stereocenters. The third-order valence-electron chi connectivity index (χ3n) is 5.30. The number of nitrogens with zero attached hydrogens (tertiary/aromatic N) is 2. The predicted molar refractivity (Wildman–Crippen MR) is 103 cm³/mol. The number of carbonyl (C=O) groups is 2. The van der Waals surface area contributed by atoms with E-state index in [2.05, 4.69) is 23.3 Å². The molecule has 1 saturated heterocycles. The van der Waals surface area contributed by atoms with E-state index in [0.717, 1.165) is 32.6 Å². The molecule has 5 heteroatoms. The first kappa shape index (κ1) is 18.6. The van der Waals surface area contributed by atoms with E-state index in [1.807, 2.05) is 4.90 Å². The zero-order chi connectivity index (χ0) is 18.4. The molecule has 0 radical (unpaired) electrons. The summed E-state index contributed by atoms with van der Waals surface area (Å²) in [4.78, 5) is 28.9. The zero-order valence-electron chi connectivity index (χ0n) is 15.7. The van der Waals surface area contributed by atoms with E-state index in [1.165, 1.54) is 31.3 Å². The van der Waals surface area contributed by atoms with E-state index in [1.54, 1.807) is 24.3 Å². The maximum Gasteiger partial charge on any atom is 0.253 e. The van der Waals surface area contributed by atoms with Crippen LogP contribution < -0.4 is 5.32 Å². The minimum atomic E-state index is -0.0694. The molecule has 3 rings (SSSR count). The van der Waals surface area contributed by atoms with Crippen molar-refractivity contribution in [2.75, 3.05) is 39.8 Å². The maximum absolute atomic E-state index is 12.5. The average molecular weight is 355 g/mol. The molecule has 1 aromatic carbocycles. The molecule has 0 bridgehead atoms. The minimum absolute atomic E-state index is 0.0503. The molecule has 26 heavy (non-hydrogen) atoms. The van der Waals surface area contributed by atoms with Crippen molar-refractivity contribution in [2.24, 2.45) is 0 Å². The summed E-state index contributed by atoms with van der Waals surface area (Å²) in [5, 5.41) is 2.98. The van der Waals surface area contributed by atoms with Gasteiger partial charge in [-0.25, -0.2) is 0 Å². The van der Waals surface area contributed by atoms with Gasteiger partial charge in [-0.2, -0.15) is 0 Å². The summed E-state index contributed by atoms with van der Waals surface area (Å²) in [5.74, 6) is -0.0192. The highest BCUT2D eigenvalue weighted by atomic mass is 16.2. The molecule has 0 spiro atoms. The number of hydrogen-bond acceptors (Lipinski definition) is 3. The lowest BCUT2D eigenvalue weighted by molar-refractivity contribution is 0.0663. The van der Waals surface area contributed by atoms with Crippen LogP contribution in [-0.4, -0.2) is 61.4 Å². The Hall–Kier alpha value is -2.14. The van der Waals surface area contributed by atoms with Gasteiger partial charge in [0.05, 0.1) is 0 Å². The summed E-state index contributed by atoms with van der Waals surface area (Å²) in [6.45, 7) is 4.00. The Labute approximate surface area is 156 Å². The van der Waals surface area contributed by atoms with E-state index >= 15 is 0 Å². The Balaban J connectivity index is 1.49. The summed E-state index contributed by atoms with van der Waals surface area (Å²) < 4.78 is 0. The largest absolute Gasteiger partial charge is 0.352 e. The average Bonchev–Trinajstić information content (AvgIpc) is 2.69. The van der Waals surface area contributed by atoms with Crippen molar-refractivity contribution in [3.05, 3.63) is 47.0 Å². The normalized spacial score (nSPS) is 18.3. The van der Waals surface area contributed by atoms with Crippen molar-refractivity contribution in [1.82, 2.24) is 15.1 Å². The molecule has 0 unspecified atom stereocenters. The molecule has 0 saturated carbocycles. The molecule has 1 heterocycles. The Bertz CT molecular complexity index is 658. The highest BCUT2D eigenvalue weighted by Crippen LogP contribution is 2.19. The topological polar surface area (TPSA) is 52.7 Å². The van der Waals surface area contributed by atoms with Crippen LogP contribution in [0.1, 0.15) is 52.8 Å². The van der Waals surface area contributed by atoms with E-state index < -0.39 is 0 Å². The number of nitrogens with one attached hydrogen (secondary N) is 1. The highest BCUT2D eigenvalue weighted by molar-refractivity contribution is 5.97. The van der Waals surface area contributed by atoms with Gasteiger partial charge in [-0.3, -0.25) is 9.59 Å². The van der Waals surface area contributed by atoms with Crippen LogP contribution in [0.5, 0.6) is 0 Å². The van der Waals surface area contributed by atoms with Gasteiger partial charge in [0.15, 0.2) is 0 Å². The fraction of sp³-hybridized carbons (Fsp3) is 0.524. The number of piperazine rings is 1. The maximum atomic E-state index is 12.5. The second kappa shape index (κ2) is 8.99. The van der Waals surface area contributed by atoms with Crippen molar-refractivity contribution in [2.45, 2.75) is 32.1 Å². The van der Waals surface area contributed by atoms with Gasteiger partial charge in [0.25, 0.3) is 11.8 Å². The Morgan fingerprint density at radius 1 is 1.00 bits per heavy atom. The first-order valence-corrected chi connectivity index (χ1v) is 9.67. The van der Waals surface area contributed by atoms with Gasteiger partial charge in [-0.15, -0.1) is 0 Å². The molecular formula is C21H29N3O2. The van der Waals surface area contributed by atoms with E-state index in [4.69, 9.17) is 0 Å². The summed E-state index contributed by atoms with van der Waals surface area (Å²) >= 11 is 0. The van der Waals surface area contributed by atoms with Crippen molar-refractivity contribution >= 4 is 11.8 Å². The number of benzene rings is 1. The van der Waals surface area contributed by atoms with Crippen molar-refractivity contribution < 1.29 is 9.59 Å². The first-order valence-electron chi connectivity index (χ1n) is 9.67. The molecule has 1 fully saturated rings. The molecule has 0 aromatic heterocycles. The van der Waals surface area contributed by atoms with Crippen LogP contribution in [0.3, 0.4) is 0 Å². The second-order valence-corrected chi connectivity index (χ2v) is 7.29. The lowest BCUT2D eigenvalue weighted by atomic mass is 9.97. The van der Waals surface area contributed by atoms with E-state index in [-0.39, 0.29) is 11.8 Å². The summed E-state index contributed by atoms with van der Waals surface area (Å²) in [6, 6.07) is 7.02. The number of hydrogen-bond donors (Lipinski definition) is 1. The van der Waals surface area contributed by atoms with Crippen LogP contribution in [0.15, 0.2) is 35.9 Å². The summed E-state index contributed by atoms with van der Waals surface area (Å²) in [5.41, 5.74) is 2.72. The Kier molecular flexibility index (Phi) is 6.45. The van der Waals surface area contributed by atoms with Gasteiger partial charge in [0.2, 0.25) is 0 Å². The van der Waals surface area contributed by atoms with Gasteiger partial charge in [0.1, 0.15) is 0 Å². The first-order chi connectivity index (χ1) is 12.6. The third kappa shape index (κ3) is 4.94. The van der Waals surface area contributed by atoms with Crippen LogP contribution in [-0.2, 0) is 0 Å². The number of rotatable bonds is 5. The van der Waals surface area contributed by atoms with Crippen LogP contribution in [0.4, 0.5) is 0 Å². The molecule has 2 amide bonds. The van der Waals surface area contributed by atoms with E-state index in [9.17, 15) is 9.59 Å². The van der Waals surface area contributed by atoms with Gasteiger partial charge in [-0.05, 0) is 63.4 Å². The second-order valence-electron chi connectivity index (χ2n) is 7.29. The fourth-order valence-electron chi connectivity index (χ4n) is 3.53. The molecule has 1 aliphatic carbocycles. The number of amides is 2. The quantitative estimate of drug-likeness (QED) is 0.826. The predicted octanol–water partition coefficient (Wildman–Crippen LogP) is 2.69. The molecule has 140 valence electrons. The smallest absolute Gasteiger partial charge is 0.253 e. The fourth-order valence-corrected chi connectivity index (χ4v) is 3.53. The molecule has 5 nitrogen and oxygen atoms in total. The van der Waals surface area contributed by atoms with Crippen LogP contribution >= 0.6 is 0 Å². The zero-order valence-corrected chi connectivity index (χ0v) is 15.7. The SMILES string of the molecule is CN1CCN(C(=O)c2ccc(C(=O)NCCC3=CCCCC3)cc2)CC1. The van der Waals surface area contributed by atoms with Crippen LogP contribution in [0.25, 0.3) is 0 Å². The highest BCUT2D eigenvalue weighted by Gasteiger charge is 2.20. The molecule has 1 N–H and O–H groups in total. The van der Waals surface area contributed by atoms with E-state index in [0.29, 0.717) is 17.7 Å². The number of allylic oxidation sites excluding steroid dienone is 1. The van der Waals surface area contributed by atoms with Crippen molar-refractivity contribution in [3.63, 3.8) is 0 Å². The third-order valence-corrected chi connectivity index (χ3v) is 5.30. The Morgan fingerprint density at radius 2 is 1.69 bits per heavy atom. The molecular weight excluding hydrogens is 326 g/mol. The van der Waals surface area contributed by atoms with Crippen LogP contribution in [0, 0.1) is 0 Å². The van der Waals surface area contributed by atoms with Crippen LogP contribution in [0.2, 0.25) is 0 Å². The summed E-state index contributed by atoms with van der Waals surface area (Å²) in [7, 11) is 2.07. The standard InChI is InChI=1S/C21H29N3O2/c1-23-13-15-24(16-14-23)21(26)19-9-7-18(8-10-19)20(25)22-12-11-17-5-3-2-4-6-17/h5,7-10H,2-4,6,11-16H2,1H3,(H,22,25). The molecule has 1 aromatic rings. The molecule has 1 aliphatic heterocycles. The van der Waals surface area contributed by atoms with Crippen molar-refractivity contribution in [3.8, 4) is 0 Å². The molecule has 2 aliphatic rings. The van der Waals surface area contributed by atoms with Crippen molar-refractivity contribution in [1.29, 1.82) is 0 Å². The van der Waals surface area contributed by atoms with Gasteiger partial charge < -0.3 is 15.1 Å².